The maximum absolute atomic E-state index is 11.9. The first-order chi connectivity index (χ1) is 8.98. The van der Waals surface area contributed by atoms with Crippen LogP contribution in [0, 0.1) is 9.49 Å². The molecule has 2 saturated heterocycles. The van der Waals surface area contributed by atoms with Gasteiger partial charge in [-0.1, -0.05) is 13.8 Å². The van der Waals surface area contributed by atoms with Crippen molar-refractivity contribution in [3.8, 4) is 0 Å². The van der Waals surface area contributed by atoms with E-state index in [9.17, 15) is 9.59 Å². The molecule has 0 amide bonds. The van der Waals surface area contributed by atoms with E-state index < -0.39 is 11.9 Å². The van der Waals surface area contributed by atoms with Crippen LogP contribution >= 0.6 is 22.6 Å². The lowest BCUT2D eigenvalue weighted by atomic mass is 9.88. The predicted molar refractivity (Wildman–Crippen MR) is 76.1 cm³/mol. The third-order valence-corrected chi connectivity index (χ3v) is 5.04. The minimum Gasteiger partial charge on any atom is -0.370 e. The van der Waals surface area contributed by atoms with E-state index in [1.165, 1.54) is 10.8 Å². The Balaban J connectivity index is 2.04. The van der Waals surface area contributed by atoms with Gasteiger partial charge in [-0.2, -0.15) is 0 Å². The number of H-pyrrole nitrogens is 1. The van der Waals surface area contributed by atoms with Crippen LogP contribution in [0.1, 0.15) is 26.5 Å². The topological polar surface area (TPSA) is 73.3 Å². The van der Waals surface area contributed by atoms with Gasteiger partial charge >= 0.3 is 5.69 Å². The summed E-state index contributed by atoms with van der Waals surface area (Å²) in [4.78, 5) is 25.6. The first-order valence-corrected chi connectivity index (χ1v) is 7.37. The molecule has 0 aromatic carbocycles. The van der Waals surface area contributed by atoms with Gasteiger partial charge < -0.3 is 9.47 Å². The van der Waals surface area contributed by atoms with E-state index in [1.807, 2.05) is 22.6 Å². The fraction of sp³-hybridized carbons (Fsp3) is 0.667. The van der Waals surface area contributed by atoms with E-state index in [0.717, 1.165) is 6.42 Å². The molecule has 2 aliphatic rings. The second kappa shape index (κ2) is 4.42. The van der Waals surface area contributed by atoms with Crippen molar-refractivity contribution in [2.75, 3.05) is 6.61 Å². The number of halogens is 1. The highest BCUT2D eigenvalue weighted by Crippen LogP contribution is 2.50. The molecule has 104 valence electrons. The molecule has 0 saturated carbocycles. The number of hydrogen-bond donors (Lipinski definition) is 1. The maximum Gasteiger partial charge on any atom is 0.330 e. The molecule has 0 radical (unpaired) electrons. The molecule has 4 atom stereocenters. The van der Waals surface area contributed by atoms with E-state index in [2.05, 4.69) is 18.8 Å². The Morgan fingerprint density at radius 1 is 1.58 bits per heavy atom. The summed E-state index contributed by atoms with van der Waals surface area (Å²) in [7, 11) is 0. The number of rotatable bonds is 2. The van der Waals surface area contributed by atoms with Gasteiger partial charge in [-0.3, -0.25) is 14.3 Å². The van der Waals surface area contributed by atoms with Gasteiger partial charge in [0.15, 0.2) is 6.23 Å². The molecular weight excluding hydrogens is 363 g/mol. The highest BCUT2D eigenvalue weighted by molar-refractivity contribution is 14.1. The second-order valence-corrected chi connectivity index (χ2v) is 6.30. The molecule has 1 aromatic rings. The Bertz CT molecular complexity index is 625. The van der Waals surface area contributed by atoms with Crippen molar-refractivity contribution in [1.29, 1.82) is 0 Å². The number of hydrogen-bond acceptors (Lipinski definition) is 4. The highest BCUT2D eigenvalue weighted by atomic mass is 127. The summed E-state index contributed by atoms with van der Waals surface area (Å²) in [5.41, 5.74) is -1.13. The van der Waals surface area contributed by atoms with Gasteiger partial charge in [0.05, 0.1) is 15.8 Å². The predicted octanol–water partition coefficient (Wildman–Crippen LogP) is 0.854. The lowest BCUT2D eigenvalue weighted by Gasteiger charge is -2.31. The number of ether oxygens (including phenoxy) is 2. The minimum atomic E-state index is -0.457. The molecule has 2 bridgehead atoms. The fourth-order valence-electron chi connectivity index (χ4n) is 2.96. The Kier molecular flexibility index (Phi) is 3.10. The molecule has 0 spiro atoms. The molecule has 19 heavy (non-hydrogen) atoms. The molecule has 6 nitrogen and oxygen atoms in total. The Morgan fingerprint density at radius 3 is 2.95 bits per heavy atom. The summed E-state index contributed by atoms with van der Waals surface area (Å²) in [5.74, 6) is 0.235. The van der Waals surface area contributed by atoms with Crippen molar-refractivity contribution < 1.29 is 9.47 Å². The quantitative estimate of drug-likeness (QED) is 0.775. The number of nitrogens with zero attached hydrogens (tertiary/aromatic N) is 1. The Morgan fingerprint density at radius 2 is 2.32 bits per heavy atom. The maximum atomic E-state index is 11.9. The smallest absolute Gasteiger partial charge is 0.330 e. The average Bonchev–Trinajstić information content (AvgIpc) is 2.85. The summed E-state index contributed by atoms with van der Waals surface area (Å²) < 4.78 is 13.7. The van der Waals surface area contributed by atoms with E-state index in [0.29, 0.717) is 10.2 Å². The summed E-state index contributed by atoms with van der Waals surface area (Å²) >= 11 is 1.90. The minimum absolute atomic E-state index is 0.139. The lowest BCUT2D eigenvalue weighted by molar-refractivity contribution is -0.174. The molecule has 3 heterocycles. The van der Waals surface area contributed by atoms with Crippen molar-refractivity contribution in [2.45, 2.75) is 38.2 Å². The monoisotopic (exact) mass is 378 g/mol. The van der Waals surface area contributed by atoms with Crippen molar-refractivity contribution in [3.63, 3.8) is 0 Å². The first-order valence-electron chi connectivity index (χ1n) is 6.29. The van der Waals surface area contributed by atoms with Crippen LogP contribution in [-0.2, 0) is 9.47 Å². The van der Waals surface area contributed by atoms with Crippen molar-refractivity contribution in [3.05, 3.63) is 30.6 Å². The third kappa shape index (κ3) is 1.82. The van der Waals surface area contributed by atoms with Crippen LogP contribution in [0.4, 0.5) is 0 Å². The molecule has 3 rings (SSSR count). The van der Waals surface area contributed by atoms with E-state index in [1.54, 1.807) is 0 Å². The number of nitrogens with one attached hydrogen (secondary N) is 1. The Hall–Kier alpha value is -0.670. The zero-order valence-corrected chi connectivity index (χ0v) is 12.8. The third-order valence-electron chi connectivity index (χ3n) is 4.28. The zero-order chi connectivity index (χ0) is 13.8. The van der Waals surface area contributed by atoms with Crippen molar-refractivity contribution in [2.24, 2.45) is 5.92 Å². The molecule has 1 aromatic heterocycles. The fourth-order valence-corrected chi connectivity index (χ4v) is 3.40. The second-order valence-electron chi connectivity index (χ2n) is 5.13. The van der Waals surface area contributed by atoms with Gasteiger partial charge in [-0.15, -0.1) is 0 Å². The molecule has 1 N–H and O–H groups in total. The van der Waals surface area contributed by atoms with Crippen LogP contribution in [0.25, 0.3) is 0 Å². The van der Waals surface area contributed by atoms with Gasteiger partial charge in [0.2, 0.25) is 0 Å². The van der Waals surface area contributed by atoms with Crippen LogP contribution in [0.2, 0.25) is 0 Å². The highest BCUT2D eigenvalue weighted by Gasteiger charge is 2.58. The number of aromatic amines is 1. The number of fused-ring (bicyclic) bond motifs is 2. The van der Waals surface area contributed by atoms with E-state index in [-0.39, 0.29) is 23.2 Å². The first kappa shape index (κ1) is 13.3. The summed E-state index contributed by atoms with van der Waals surface area (Å²) in [6, 6.07) is 0. The molecule has 2 fully saturated rings. The summed E-state index contributed by atoms with van der Waals surface area (Å²) in [6.45, 7) is 4.72. The van der Waals surface area contributed by atoms with Gasteiger partial charge in [0.25, 0.3) is 5.56 Å². The van der Waals surface area contributed by atoms with Crippen molar-refractivity contribution in [1.82, 2.24) is 9.55 Å². The van der Waals surface area contributed by atoms with Crippen LogP contribution in [-0.4, -0.2) is 27.9 Å². The summed E-state index contributed by atoms with van der Waals surface area (Å²) in [6.07, 6.45) is 1.78. The normalized spacial score (nSPS) is 36.9. The van der Waals surface area contributed by atoms with E-state index >= 15 is 0 Å². The molecule has 0 aliphatic carbocycles. The van der Waals surface area contributed by atoms with Crippen LogP contribution in [0.15, 0.2) is 15.8 Å². The Labute approximate surface area is 123 Å². The standard InChI is InChI=1S/C12H15IN2O4/c1-3-12-5-18-8(6(12)2)10(19-12)15-4-7(13)9(16)14-11(15)17/h4,6,8,10H,3,5H2,1-2H3,(H,14,16,17). The van der Waals surface area contributed by atoms with E-state index in [4.69, 9.17) is 9.47 Å². The molecule has 7 heteroatoms. The molecular formula is C12H15IN2O4. The van der Waals surface area contributed by atoms with Gasteiger partial charge in [-0.25, -0.2) is 4.79 Å². The van der Waals surface area contributed by atoms with Crippen LogP contribution < -0.4 is 11.2 Å². The van der Waals surface area contributed by atoms with Crippen LogP contribution in [0.5, 0.6) is 0 Å². The van der Waals surface area contributed by atoms with Crippen LogP contribution in [0.3, 0.4) is 0 Å². The van der Waals surface area contributed by atoms with Gasteiger partial charge in [-0.05, 0) is 29.0 Å². The van der Waals surface area contributed by atoms with Gasteiger partial charge in [0, 0.05) is 12.1 Å². The SMILES string of the molecule is CCC12COC(C(n3cc(I)c(=O)[nH]c3=O)O1)C2C. The lowest BCUT2D eigenvalue weighted by Crippen LogP contribution is -2.41. The zero-order valence-electron chi connectivity index (χ0n) is 10.7. The van der Waals surface area contributed by atoms with Gasteiger partial charge in [0.1, 0.15) is 6.10 Å². The number of aromatic nitrogens is 2. The average molecular weight is 378 g/mol. The summed E-state index contributed by atoms with van der Waals surface area (Å²) in [5, 5.41) is 0. The molecule has 4 unspecified atom stereocenters. The molecule has 2 aliphatic heterocycles. The van der Waals surface area contributed by atoms with Crippen molar-refractivity contribution >= 4 is 22.6 Å². The largest absolute Gasteiger partial charge is 0.370 e.